The maximum atomic E-state index is 13.1. The van der Waals surface area contributed by atoms with Crippen molar-refractivity contribution in [3.63, 3.8) is 0 Å². The third-order valence-corrected chi connectivity index (χ3v) is 19.7. The molecule has 0 aliphatic carbocycles. The number of hydrogen-bond acceptors (Lipinski definition) is 17. The van der Waals surface area contributed by atoms with Gasteiger partial charge < -0.3 is 42.6 Å². The number of halogens is 2. The maximum Gasteiger partial charge on any atom is 0.261 e. The van der Waals surface area contributed by atoms with E-state index in [4.69, 9.17) is 64.1 Å². The standard InChI is InChI=1S/C19H30N2O3S.C18H23N3O3S.C13H17ClO3S.C4H6N4.C3H10N2.ClH/c1-12-13(2)18(14(3)16-10-19(4,5)24-17(12)16)25(22,23)11-15(21)8-6-7-9-20;1-11-12(2)17(13(3)14-9-18(4,5)24-16(11)14)25(22,23)10-15(19)21-8-6-7-20-21;1-7-8(2)12(18(14,15)16)9(3)10-6-13(4,5)17-11(7)10;5-4(6)8-3-1-2-7-8;4-2-1-3-5;/h21H,6-11,20H2,1-5H3;6-8,19H,9-10H2,1-5H3;6H2,1-5H3;1-3H,(H3,5,6);1-5H2;1H. The molecule has 5 aromatic rings. The van der Waals surface area contributed by atoms with E-state index in [1.807, 2.05) is 90.0 Å². The Kier molecular flexibility index (Phi) is 24.2. The summed E-state index contributed by atoms with van der Waals surface area (Å²) in [6, 6.07) is 3.37. The van der Waals surface area contributed by atoms with Crippen LogP contribution in [0.25, 0.3) is 0 Å². The van der Waals surface area contributed by atoms with Gasteiger partial charge in [-0.05, 0) is 211 Å². The molecule has 0 atom stereocenters. The molecule has 3 aliphatic heterocycles. The Hall–Kier alpha value is -5.40. The molecular weight excluding hydrogens is 1150 g/mol. The topological polar surface area (TPSA) is 341 Å². The number of rotatable bonds is 13. The number of sulfone groups is 2. The molecule has 456 valence electrons. The van der Waals surface area contributed by atoms with E-state index in [-0.39, 0.29) is 57.4 Å². The highest BCUT2D eigenvalue weighted by molar-refractivity contribution is 8.13. The Labute approximate surface area is 497 Å². The minimum Gasteiger partial charge on any atom is -0.487 e. The maximum absolute atomic E-state index is 13.1. The molecule has 8 rings (SSSR count). The van der Waals surface area contributed by atoms with Crippen LogP contribution in [0.3, 0.4) is 0 Å². The van der Waals surface area contributed by atoms with Crippen molar-refractivity contribution < 1.29 is 39.5 Å². The number of benzene rings is 3. The van der Waals surface area contributed by atoms with Crippen LogP contribution < -0.4 is 37.1 Å². The fourth-order valence-electron chi connectivity index (χ4n) is 10.2. The van der Waals surface area contributed by atoms with E-state index in [9.17, 15) is 25.3 Å². The number of unbranched alkanes of at least 4 members (excludes halogenated alkanes) is 1. The van der Waals surface area contributed by atoms with E-state index in [1.54, 1.807) is 44.6 Å². The molecule has 0 bridgehead atoms. The first-order valence-corrected chi connectivity index (χ1v) is 32.3. The van der Waals surface area contributed by atoms with Gasteiger partial charge in [-0.25, -0.2) is 34.6 Å². The van der Waals surface area contributed by atoms with Crippen LogP contribution in [0.2, 0.25) is 0 Å². The highest BCUT2D eigenvalue weighted by Gasteiger charge is 2.39. The molecule has 5 heterocycles. The van der Waals surface area contributed by atoms with Crippen molar-refractivity contribution in [3.05, 3.63) is 104 Å². The van der Waals surface area contributed by atoms with E-state index in [0.717, 1.165) is 99.7 Å². The van der Waals surface area contributed by atoms with Crippen LogP contribution in [0, 0.1) is 78.5 Å². The van der Waals surface area contributed by atoms with Gasteiger partial charge in [0.05, 0.1) is 20.4 Å². The van der Waals surface area contributed by atoms with Crippen molar-refractivity contribution >= 4 is 69.3 Å². The van der Waals surface area contributed by atoms with Crippen molar-refractivity contribution in [1.29, 1.82) is 16.2 Å². The molecule has 0 saturated carbocycles. The quantitative estimate of drug-likeness (QED) is 0.0251. The van der Waals surface area contributed by atoms with Crippen LogP contribution in [0.1, 0.15) is 134 Å². The Bertz CT molecular complexity index is 3490. The Morgan fingerprint density at radius 1 is 0.537 bits per heavy atom. The molecule has 0 fully saturated rings. The highest BCUT2D eigenvalue weighted by atomic mass is 35.7. The van der Waals surface area contributed by atoms with Gasteiger partial charge in [-0.3, -0.25) is 10.8 Å². The van der Waals surface area contributed by atoms with Crippen LogP contribution in [0.5, 0.6) is 17.2 Å². The fraction of sp³-hybridized carbons (Fsp3) is 0.526. The molecule has 11 N–H and O–H groups in total. The van der Waals surface area contributed by atoms with Gasteiger partial charge in [0, 0.05) is 77.1 Å². The van der Waals surface area contributed by atoms with Gasteiger partial charge in [-0.2, -0.15) is 10.2 Å². The van der Waals surface area contributed by atoms with Crippen molar-refractivity contribution in [2.24, 2.45) is 22.9 Å². The van der Waals surface area contributed by atoms with Crippen LogP contribution in [-0.4, -0.2) is 110 Å². The SMILES string of the molecule is Cc1c(C)c(S(=O)(=O)CC(=N)CCCCN)c(C)c2c1OC(C)(C)C2.Cc1c(C)c(S(=O)(=O)CC(=N)n2cccn2)c(C)c2c1OC(C)(C)C2.Cc1c(C)c(S(=O)(=O)Cl)c(C)c2c1OC(C)(C)C2.Cl.N=C(N)n1cccn1.NCCCN. The summed E-state index contributed by atoms with van der Waals surface area (Å²) in [6.07, 6.45) is 11.4. The van der Waals surface area contributed by atoms with Crippen molar-refractivity contribution in [3.8, 4) is 17.2 Å². The number of nitrogens with zero attached hydrogens (tertiary/aromatic N) is 4. The van der Waals surface area contributed by atoms with E-state index in [2.05, 4.69) is 10.2 Å². The summed E-state index contributed by atoms with van der Waals surface area (Å²) in [5, 5.41) is 30.6. The minimum absolute atomic E-state index is 0. The zero-order valence-electron chi connectivity index (χ0n) is 50.2. The minimum atomic E-state index is -3.73. The van der Waals surface area contributed by atoms with Crippen LogP contribution in [0.15, 0.2) is 51.6 Å². The molecule has 0 saturated heterocycles. The largest absolute Gasteiger partial charge is 0.487 e. The second-order valence-corrected chi connectivity index (χ2v) is 29.0. The number of fused-ring (bicyclic) bond motifs is 3. The predicted octanol–water partition coefficient (Wildman–Crippen LogP) is 8.66. The van der Waals surface area contributed by atoms with Gasteiger partial charge in [0.25, 0.3) is 9.05 Å². The van der Waals surface area contributed by atoms with Crippen LogP contribution in [0.4, 0.5) is 0 Å². The third-order valence-electron chi connectivity index (χ3n) is 14.3. The lowest BCUT2D eigenvalue weighted by atomic mass is 9.94. The van der Waals surface area contributed by atoms with Crippen LogP contribution in [-0.2, 0) is 48.0 Å². The summed E-state index contributed by atoms with van der Waals surface area (Å²) in [7, 11) is -5.40. The average molecular weight is 1240 g/mol. The number of nitrogen functional groups attached to an aromatic ring is 1. The van der Waals surface area contributed by atoms with Crippen molar-refractivity contribution in [2.45, 2.75) is 180 Å². The van der Waals surface area contributed by atoms with Gasteiger partial charge >= 0.3 is 0 Å². The Morgan fingerprint density at radius 2 is 0.878 bits per heavy atom. The molecule has 0 spiro atoms. The zero-order chi connectivity index (χ0) is 61.5. The smallest absolute Gasteiger partial charge is 0.261 e. The predicted molar refractivity (Wildman–Crippen MR) is 330 cm³/mol. The molecule has 20 nitrogen and oxygen atoms in total. The number of nitrogens with two attached hydrogens (primary N) is 4. The lowest BCUT2D eigenvalue weighted by Gasteiger charge is -2.19. The monoisotopic (exact) mass is 1240 g/mol. The molecule has 82 heavy (non-hydrogen) atoms. The lowest BCUT2D eigenvalue weighted by molar-refractivity contribution is 0.137. The summed E-state index contributed by atoms with van der Waals surface area (Å²) < 4.78 is 96.2. The van der Waals surface area contributed by atoms with E-state index in [1.165, 1.54) is 15.6 Å². The zero-order valence-corrected chi connectivity index (χ0v) is 54.3. The van der Waals surface area contributed by atoms with Gasteiger partial charge in [-0.1, -0.05) is 0 Å². The number of aromatic nitrogens is 4. The summed E-state index contributed by atoms with van der Waals surface area (Å²) in [4.78, 5) is 0.942. The summed E-state index contributed by atoms with van der Waals surface area (Å²) in [6.45, 7) is 30.6. The Balaban J connectivity index is 0.000000291. The molecular formula is C57H87Cl2N11O9S3. The second-order valence-electron chi connectivity index (χ2n) is 22.6. The lowest BCUT2D eigenvalue weighted by Crippen LogP contribution is -2.25. The second kappa shape index (κ2) is 28.0. The van der Waals surface area contributed by atoms with E-state index < -0.39 is 34.5 Å². The van der Waals surface area contributed by atoms with Gasteiger partial charge in [0.1, 0.15) is 45.6 Å². The van der Waals surface area contributed by atoms with E-state index >= 15 is 0 Å². The molecule has 0 radical (unpaired) electrons. The first-order valence-electron chi connectivity index (χ1n) is 26.7. The molecule has 2 aromatic heterocycles. The molecule has 0 unspecified atom stereocenters. The summed E-state index contributed by atoms with van der Waals surface area (Å²) >= 11 is 0. The fourth-order valence-corrected chi connectivity index (χ4v) is 15.7. The number of nitrogens with one attached hydrogen (secondary N) is 3. The van der Waals surface area contributed by atoms with Crippen molar-refractivity contribution in [1.82, 2.24) is 19.6 Å². The molecule has 3 aliphatic rings. The van der Waals surface area contributed by atoms with Gasteiger partial charge in [-0.15, -0.1) is 12.4 Å². The third kappa shape index (κ3) is 17.1. The van der Waals surface area contributed by atoms with Crippen LogP contribution >= 0.6 is 23.1 Å². The first kappa shape index (κ1) is 70.9. The normalized spacial score (nSPS) is 14.8. The van der Waals surface area contributed by atoms with Gasteiger partial charge in [0.2, 0.25) is 5.96 Å². The van der Waals surface area contributed by atoms with Gasteiger partial charge in [0.15, 0.2) is 19.7 Å². The first-order chi connectivity index (χ1) is 37.3. The molecule has 25 heteroatoms. The summed E-state index contributed by atoms with van der Waals surface area (Å²) in [5.74, 6) is 1.71. The average Bonchev–Trinajstić information content (AvgIpc) is 4.39. The summed E-state index contributed by atoms with van der Waals surface area (Å²) in [5.41, 5.74) is 29.8. The van der Waals surface area contributed by atoms with E-state index in [0.29, 0.717) is 58.7 Å². The highest BCUT2D eigenvalue weighted by Crippen LogP contribution is 2.47. The number of hydrogen-bond donors (Lipinski definition) is 7. The van der Waals surface area contributed by atoms with Crippen molar-refractivity contribution in [2.75, 3.05) is 31.1 Å². The molecule has 3 aromatic carbocycles. The molecule has 0 amide bonds. The Morgan fingerprint density at radius 3 is 1.18 bits per heavy atom. The number of ether oxygens (including phenoxy) is 3.